The van der Waals surface area contributed by atoms with Crippen LogP contribution in [0, 0.1) is 0 Å². The lowest BCUT2D eigenvalue weighted by atomic mass is 10.1. The van der Waals surface area contributed by atoms with Gasteiger partial charge in [0.1, 0.15) is 0 Å². The van der Waals surface area contributed by atoms with Crippen LogP contribution in [-0.4, -0.2) is 5.11 Å². The van der Waals surface area contributed by atoms with Crippen LogP contribution in [0.4, 0.5) is 11.4 Å². The lowest BCUT2D eigenvalue weighted by Crippen LogP contribution is -1.91. The zero-order chi connectivity index (χ0) is 14.5. The normalized spacial score (nSPS) is 10.3. The molecule has 0 amide bonds. The molecular formula is C19H17NO. The predicted molar refractivity (Wildman–Crippen MR) is 87.5 cm³/mol. The Bertz CT molecular complexity index is 688. The Morgan fingerprint density at radius 3 is 1.71 bits per heavy atom. The molecule has 0 radical (unpaired) electrons. The molecule has 0 aliphatic carbocycles. The van der Waals surface area contributed by atoms with E-state index >= 15 is 0 Å². The van der Waals surface area contributed by atoms with Crippen molar-refractivity contribution in [2.24, 2.45) is 0 Å². The molecule has 0 bridgehead atoms. The summed E-state index contributed by atoms with van der Waals surface area (Å²) in [6.45, 7) is 0.0754. The summed E-state index contributed by atoms with van der Waals surface area (Å²) in [4.78, 5) is 0. The summed E-state index contributed by atoms with van der Waals surface area (Å²) in [5.41, 5.74) is 5.40. The maximum Gasteiger partial charge on any atom is 0.0681 e. The van der Waals surface area contributed by atoms with Gasteiger partial charge in [-0.25, -0.2) is 0 Å². The molecule has 0 unspecified atom stereocenters. The van der Waals surface area contributed by atoms with E-state index in [-0.39, 0.29) is 6.61 Å². The fourth-order valence-corrected chi connectivity index (χ4v) is 2.24. The highest BCUT2D eigenvalue weighted by atomic mass is 16.3. The second kappa shape index (κ2) is 6.25. The molecule has 3 aromatic carbocycles. The van der Waals surface area contributed by atoms with Crippen LogP contribution in [-0.2, 0) is 6.61 Å². The van der Waals surface area contributed by atoms with E-state index in [0.29, 0.717) is 0 Å². The second-order valence-electron chi connectivity index (χ2n) is 4.92. The molecule has 0 spiro atoms. The van der Waals surface area contributed by atoms with Crippen molar-refractivity contribution in [2.45, 2.75) is 6.61 Å². The molecule has 0 saturated carbocycles. The van der Waals surface area contributed by atoms with Gasteiger partial charge < -0.3 is 10.4 Å². The number of hydrogen-bond acceptors (Lipinski definition) is 2. The summed E-state index contributed by atoms with van der Waals surface area (Å²) in [7, 11) is 0. The first-order valence-corrected chi connectivity index (χ1v) is 6.97. The van der Waals surface area contributed by atoms with E-state index in [1.165, 1.54) is 11.1 Å². The monoisotopic (exact) mass is 275 g/mol. The van der Waals surface area contributed by atoms with Gasteiger partial charge in [-0.05, 0) is 41.0 Å². The standard InChI is InChI=1S/C19H17NO/c21-14-15-6-10-18(11-7-15)20-19-12-8-17(9-13-19)16-4-2-1-3-5-16/h1-13,20-21H,14H2. The quantitative estimate of drug-likeness (QED) is 0.730. The third-order valence-corrected chi connectivity index (χ3v) is 3.42. The van der Waals surface area contributed by atoms with Gasteiger partial charge in [0.25, 0.3) is 0 Å². The fraction of sp³-hybridized carbons (Fsp3) is 0.0526. The predicted octanol–water partition coefficient (Wildman–Crippen LogP) is 4.59. The van der Waals surface area contributed by atoms with E-state index in [1.54, 1.807) is 0 Å². The van der Waals surface area contributed by atoms with Crippen molar-refractivity contribution in [3.8, 4) is 11.1 Å². The van der Waals surface area contributed by atoms with Gasteiger partial charge in [-0.1, -0.05) is 54.6 Å². The maximum absolute atomic E-state index is 9.04. The second-order valence-corrected chi connectivity index (χ2v) is 4.92. The minimum Gasteiger partial charge on any atom is -0.392 e. The molecule has 2 heteroatoms. The average molecular weight is 275 g/mol. The number of rotatable bonds is 4. The topological polar surface area (TPSA) is 32.3 Å². The van der Waals surface area contributed by atoms with Crippen LogP contribution in [0.15, 0.2) is 78.9 Å². The molecule has 0 aliphatic heterocycles. The number of hydrogen-bond donors (Lipinski definition) is 2. The highest BCUT2D eigenvalue weighted by Gasteiger charge is 1.98. The average Bonchev–Trinajstić information content (AvgIpc) is 2.57. The van der Waals surface area contributed by atoms with Crippen molar-refractivity contribution in [3.05, 3.63) is 84.4 Å². The molecule has 0 fully saturated rings. The number of anilines is 2. The highest BCUT2D eigenvalue weighted by molar-refractivity contribution is 5.68. The summed E-state index contributed by atoms with van der Waals surface area (Å²) in [5, 5.41) is 12.4. The van der Waals surface area contributed by atoms with Crippen LogP contribution < -0.4 is 5.32 Å². The minimum atomic E-state index is 0.0754. The van der Waals surface area contributed by atoms with Gasteiger partial charge >= 0.3 is 0 Å². The van der Waals surface area contributed by atoms with Crippen LogP contribution in [0.25, 0.3) is 11.1 Å². The van der Waals surface area contributed by atoms with E-state index in [1.807, 2.05) is 42.5 Å². The largest absolute Gasteiger partial charge is 0.392 e. The third kappa shape index (κ3) is 3.30. The van der Waals surface area contributed by atoms with Crippen molar-refractivity contribution in [1.29, 1.82) is 0 Å². The molecule has 2 N–H and O–H groups in total. The van der Waals surface area contributed by atoms with Crippen molar-refractivity contribution < 1.29 is 5.11 Å². The lowest BCUT2D eigenvalue weighted by Gasteiger charge is -2.08. The maximum atomic E-state index is 9.04. The first-order valence-electron chi connectivity index (χ1n) is 6.97. The zero-order valence-corrected chi connectivity index (χ0v) is 11.7. The van der Waals surface area contributed by atoms with Gasteiger partial charge in [-0.3, -0.25) is 0 Å². The fourth-order valence-electron chi connectivity index (χ4n) is 2.24. The van der Waals surface area contributed by atoms with Gasteiger partial charge in [-0.2, -0.15) is 0 Å². The van der Waals surface area contributed by atoms with Gasteiger partial charge in [0.05, 0.1) is 6.61 Å². The van der Waals surface area contributed by atoms with E-state index < -0.39 is 0 Å². The molecule has 2 nitrogen and oxygen atoms in total. The highest BCUT2D eigenvalue weighted by Crippen LogP contribution is 2.23. The van der Waals surface area contributed by atoms with Gasteiger partial charge in [-0.15, -0.1) is 0 Å². The van der Waals surface area contributed by atoms with Crippen molar-refractivity contribution >= 4 is 11.4 Å². The van der Waals surface area contributed by atoms with Gasteiger partial charge in [0.2, 0.25) is 0 Å². The summed E-state index contributed by atoms with van der Waals surface area (Å²) in [6, 6.07) is 26.5. The number of benzene rings is 3. The molecule has 104 valence electrons. The first kappa shape index (κ1) is 13.4. The molecule has 0 aliphatic rings. The Morgan fingerprint density at radius 2 is 1.14 bits per heavy atom. The van der Waals surface area contributed by atoms with E-state index in [4.69, 9.17) is 5.11 Å². The smallest absolute Gasteiger partial charge is 0.0681 e. The molecular weight excluding hydrogens is 258 g/mol. The lowest BCUT2D eigenvalue weighted by molar-refractivity contribution is 0.282. The van der Waals surface area contributed by atoms with Crippen LogP contribution in [0.1, 0.15) is 5.56 Å². The molecule has 0 heterocycles. The van der Waals surface area contributed by atoms with Crippen molar-refractivity contribution in [3.63, 3.8) is 0 Å². The SMILES string of the molecule is OCc1ccc(Nc2ccc(-c3ccccc3)cc2)cc1. The Morgan fingerprint density at radius 1 is 0.619 bits per heavy atom. The number of aliphatic hydroxyl groups excluding tert-OH is 1. The summed E-state index contributed by atoms with van der Waals surface area (Å²) in [5.74, 6) is 0. The minimum absolute atomic E-state index is 0.0754. The molecule has 0 saturated heterocycles. The molecule has 0 aromatic heterocycles. The van der Waals surface area contributed by atoms with Crippen LogP contribution in [0.2, 0.25) is 0 Å². The Hall–Kier alpha value is -2.58. The Kier molecular flexibility index (Phi) is 3.99. The van der Waals surface area contributed by atoms with Crippen LogP contribution in [0.5, 0.6) is 0 Å². The van der Waals surface area contributed by atoms with Gasteiger partial charge in [0.15, 0.2) is 0 Å². The van der Waals surface area contributed by atoms with E-state index in [2.05, 4.69) is 41.7 Å². The van der Waals surface area contributed by atoms with Crippen molar-refractivity contribution in [2.75, 3.05) is 5.32 Å². The number of nitrogens with one attached hydrogen (secondary N) is 1. The third-order valence-electron chi connectivity index (χ3n) is 3.42. The Balaban J connectivity index is 1.75. The molecule has 3 aromatic rings. The summed E-state index contributed by atoms with van der Waals surface area (Å²) >= 11 is 0. The first-order chi connectivity index (χ1) is 10.3. The van der Waals surface area contributed by atoms with E-state index in [9.17, 15) is 0 Å². The van der Waals surface area contributed by atoms with Crippen molar-refractivity contribution in [1.82, 2.24) is 0 Å². The van der Waals surface area contributed by atoms with Crippen LogP contribution >= 0.6 is 0 Å². The Labute approximate surface area is 124 Å². The summed E-state index contributed by atoms with van der Waals surface area (Å²) < 4.78 is 0. The van der Waals surface area contributed by atoms with Gasteiger partial charge in [0, 0.05) is 11.4 Å². The van der Waals surface area contributed by atoms with Crippen LogP contribution in [0.3, 0.4) is 0 Å². The summed E-state index contributed by atoms with van der Waals surface area (Å²) in [6.07, 6.45) is 0. The van der Waals surface area contributed by atoms with E-state index in [0.717, 1.165) is 16.9 Å². The number of aliphatic hydroxyl groups is 1. The zero-order valence-electron chi connectivity index (χ0n) is 11.7. The molecule has 0 atom stereocenters. The molecule has 3 rings (SSSR count). The molecule has 21 heavy (non-hydrogen) atoms.